The summed E-state index contributed by atoms with van der Waals surface area (Å²) in [5.41, 5.74) is 1.42. The first-order valence-electron chi connectivity index (χ1n) is 10.3. The third kappa shape index (κ3) is 6.48. The Hall–Kier alpha value is -2.04. The molecule has 4 nitrogen and oxygen atoms in total. The summed E-state index contributed by atoms with van der Waals surface area (Å²) >= 11 is 0. The van der Waals surface area contributed by atoms with Crippen LogP contribution in [-0.2, 0) is 5.41 Å². The van der Waals surface area contributed by atoms with Crippen molar-refractivity contribution in [2.45, 2.75) is 71.0 Å². The third-order valence-corrected chi connectivity index (χ3v) is 5.37. The molecule has 0 aromatic heterocycles. The average Bonchev–Trinajstić information content (AvgIpc) is 2.61. The lowest BCUT2D eigenvalue weighted by molar-refractivity contribution is 0.0759. The van der Waals surface area contributed by atoms with Crippen LogP contribution >= 0.6 is 0 Å². The zero-order valence-electron chi connectivity index (χ0n) is 18.7. The summed E-state index contributed by atoms with van der Waals surface area (Å²) in [6.07, 6.45) is 1.17. The van der Waals surface area contributed by atoms with Gasteiger partial charge >= 0.3 is 0 Å². The lowest BCUT2D eigenvalue weighted by Gasteiger charge is -2.29. The predicted molar refractivity (Wildman–Crippen MR) is 118 cm³/mol. The first-order valence-corrected chi connectivity index (χ1v) is 10.3. The van der Waals surface area contributed by atoms with Crippen LogP contribution in [0.2, 0.25) is 0 Å². The minimum atomic E-state index is -0.397. The Balaban J connectivity index is 2.13. The number of ether oxygens (including phenoxy) is 2. The maximum absolute atomic E-state index is 9.17. The number of aliphatic hydroxyl groups is 2. The van der Waals surface area contributed by atoms with Crippen LogP contribution in [0.4, 0.5) is 0 Å². The highest BCUT2D eigenvalue weighted by Gasteiger charge is 2.25. The highest BCUT2D eigenvalue weighted by molar-refractivity contribution is 5.42. The molecular weight excluding hydrogens is 364 g/mol. The summed E-state index contributed by atoms with van der Waals surface area (Å²) in [4.78, 5) is 0. The molecule has 0 bridgehead atoms. The van der Waals surface area contributed by atoms with Gasteiger partial charge in [0.05, 0.1) is 0 Å². The number of benzene rings is 2. The van der Waals surface area contributed by atoms with Crippen molar-refractivity contribution < 1.29 is 19.7 Å². The van der Waals surface area contributed by atoms with E-state index in [9.17, 15) is 0 Å². The van der Waals surface area contributed by atoms with Gasteiger partial charge in [-0.05, 0) is 63.1 Å². The molecule has 29 heavy (non-hydrogen) atoms. The predicted octanol–water partition coefficient (Wildman–Crippen LogP) is 5.09. The fourth-order valence-corrected chi connectivity index (χ4v) is 3.32. The van der Waals surface area contributed by atoms with Crippen LogP contribution in [0.1, 0.15) is 65.5 Å². The topological polar surface area (TPSA) is 58.9 Å². The minimum Gasteiger partial charge on any atom is -0.488 e. The molecule has 0 amide bonds. The molecule has 0 heterocycles. The van der Waals surface area contributed by atoms with E-state index < -0.39 is 11.2 Å². The Morgan fingerprint density at radius 3 is 1.17 bits per heavy atom. The monoisotopic (exact) mass is 400 g/mol. The van der Waals surface area contributed by atoms with E-state index >= 15 is 0 Å². The molecule has 0 atom stereocenters. The molecule has 0 saturated carbocycles. The Labute approximate surface area is 175 Å². The van der Waals surface area contributed by atoms with Gasteiger partial charge in [0.2, 0.25) is 0 Å². The molecule has 4 heteroatoms. The summed E-state index contributed by atoms with van der Waals surface area (Å²) in [5.74, 6) is 1.61. The first-order chi connectivity index (χ1) is 13.5. The van der Waals surface area contributed by atoms with Crippen LogP contribution in [0.25, 0.3) is 0 Å². The molecule has 2 rings (SSSR count). The summed E-state index contributed by atoms with van der Waals surface area (Å²) in [6.45, 7) is 12.5. The van der Waals surface area contributed by atoms with Gasteiger partial charge in [-0.3, -0.25) is 0 Å². The zero-order chi connectivity index (χ0) is 21.7. The molecule has 0 aliphatic carbocycles. The molecule has 0 saturated heterocycles. The zero-order valence-corrected chi connectivity index (χ0v) is 18.7. The van der Waals surface area contributed by atoms with E-state index in [0.29, 0.717) is 12.8 Å². The van der Waals surface area contributed by atoms with Gasteiger partial charge in [-0.25, -0.2) is 0 Å². The molecule has 0 radical (unpaired) electrons. The van der Waals surface area contributed by atoms with Crippen LogP contribution in [-0.4, -0.2) is 34.6 Å². The average molecular weight is 401 g/mol. The largest absolute Gasteiger partial charge is 0.488 e. The van der Waals surface area contributed by atoms with E-state index in [1.54, 1.807) is 0 Å². The van der Waals surface area contributed by atoms with Crippen molar-refractivity contribution >= 4 is 0 Å². The Bertz CT molecular complexity index is 693. The fraction of sp³-hybridized carbons (Fsp3) is 0.520. The third-order valence-electron chi connectivity index (χ3n) is 5.37. The van der Waals surface area contributed by atoms with E-state index in [1.807, 2.05) is 52.0 Å². The van der Waals surface area contributed by atoms with Crippen LogP contribution in [0.15, 0.2) is 48.5 Å². The van der Waals surface area contributed by atoms with Crippen molar-refractivity contribution in [1.29, 1.82) is 0 Å². The van der Waals surface area contributed by atoms with Crippen molar-refractivity contribution in [2.75, 3.05) is 13.2 Å². The van der Waals surface area contributed by atoms with E-state index in [1.165, 1.54) is 11.1 Å². The molecular formula is C25H36O4. The van der Waals surface area contributed by atoms with E-state index in [4.69, 9.17) is 19.7 Å². The van der Waals surface area contributed by atoms with E-state index in [2.05, 4.69) is 38.1 Å². The summed E-state index contributed by atoms with van der Waals surface area (Å²) in [6, 6.07) is 16.4. The molecule has 2 aromatic rings. The van der Waals surface area contributed by atoms with Gasteiger partial charge in [-0.15, -0.1) is 0 Å². The maximum atomic E-state index is 9.17. The highest BCUT2D eigenvalue weighted by atomic mass is 16.5. The van der Waals surface area contributed by atoms with Crippen molar-refractivity contribution in [3.8, 4) is 11.5 Å². The SMILES string of the molecule is CC(C)(CCO)Oc1ccc(C(C)(C)c2ccc(OC(C)(C)CCO)cc2)cc1. The quantitative estimate of drug-likeness (QED) is 0.583. The molecule has 0 spiro atoms. The second-order valence-electron chi connectivity index (χ2n) is 9.34. The Kier molecular flexibility index (Phi) is 7.36. The summed E-state index contributed by atoms with van der Waals surface area (Å²) in [7, 11) is 0. The second-order valence-corrected chi connectivity index (χ2v) is 9.34. The summed E-state index contributed by atoms with van der Waals surface area (Å²) in [5, 5.41) is 18.3. The maximum Gasteiger partial charge on any atom is 0.120 e. The van der Waals surface area contributed by atoms with Gasteiger partial charge in [0.1, 0.15) is 22.7 Å². The summed E-state index contributed by atoms with van der Waals surface area (Å²) < 4.78 is 12.0. The van der Waals surface area contributed by atoms with Gasteiger partial charge in [-0.2, -0.15) is 0 Å². The van der Waals surface area contributed by atoms with Gasteiger partial charge in [0.15, 0.2) is 0 Å². The van der Waals surface area contributed by atoms with Crippen molar-refractivity contribution in [3.63, 3.8) is 0 Å². The number of rotatable bonds is 10. The molecule has 0 aliphatic rings. The van der Waals surface area contributed by atoms with Gasteiger partial charge < -0.3 is 19.7 Å². The van der Waals surface area contributed by atoms with E-state index in [0.717, 1.165) is 11.5 Å². The second kappa shape index (κ2) is 9.19. The fourth-order valence-electron chi connectivity index (χ4n) is 3.32. The lowest BCUT2D eigenvalue weighted by atomic mass is 9.78. The number of hydrogen-bond donors (Lipinski definition) is 2. The molecule has 0 aliphatic heterocycles. The minimum absolute atomic E-state index is 0.106. The van der Waals surface area contributed by atoms with Gasteiger partial charge in [0, 0.05) is 31.5 Å². The molecule has 2 aromatic carbocycles. The van der Waals surface area contributed by atoms with Crippen LogP contribution in [0, 0.1) is 0 Å². The normalized spacial score (nSPS) is 12.7. The molecule has 0 unspecified atom stereocenters. The van der Waals surface area contributed by atoms with Crippen molar-refractivity contribution in [1.82, 2.24) is 0 Å². The number of hydrogen-bond acceptors (Lipinski definition) is 4. The van der Waals surface area contributed by atoms with Gasteiger partial charge in [0.25, 0.3) is 0 Å². The highest BCUT2D eigenvalue weighted by Crippen LogP contribution is 2.34. The van der Waals surface area contributed by atoms with Crippen LogP contribution in [0.3, 0.4) is 0 Å². The molecule has 0 fully saturated rings. The lowest BCUT2D eigenvalue weighted by Crippen LogP contribution is -2.29. The smallest absolute Gasteiger partial charge is 0.120 e. The standard InChI is InChI=1S/C25H36O4/c1-23(2,15-17-26)28-21-11-7-19(8-12-21)25(5,6)20-9-13-22(14-10-20)29-24(3,4)16-18-27/h7-14,26-27H,15-18H2,1-6H3. The first kappa shape index (κ1) is 23.2. The Morgan fingerprint density at radius 2 is 0.897 bits per heavy atom. The number of aliphatic hydroxyl groups excluding tert-OH is 2. The van der Waals surface area contributed by atoms with Crippen LogP contribution < -0.4 is 9.47 Å². The van der Waals surface area contributed by atoms with Crippen molar-refractivity contribution in [2.24, 2.45) is 0 Å². The molecule has 160 valence electrons. The van der Waals surface area contributed by atoms with Crippen LogP contribution in [0.5, 0.6) is 11.5 Å². The van der Waals surface area contributed by atoms with Gasteiger partial charge in [-0.1, -0.05) is 38.1 Å². The Morgan fingerprint density at radius 1 is 0.586 bits per heavy atom. The van der Waals surface area contributed by atoms with Crippen molar-refractivity contribution in [3.05, 3.63) is 59.7 Å². The van der Waals surface area contributed by atoms with E-state index in [-0.39, 0.29) is 18.6 Å². The molecule has 2 N–H and O–H groups in total.